The number of H-pyrrole nitrogens is 1. The quantitative estimate of drug-likeness (QED) is 0.850. The predicted molar refractivity (Wildman–Crippen MR) is 86.8 cm³/mol. The number of nitrogens with zero attached hydrogens (tertiary/aromatic N) is 3. The van der Waals surface area contributed by atoms with Crippen molar-refractivity contribution < 1.29 is 9.53 Å². The van der Waals surface area contributed by atoms with E-state index in [-0.39, 0.29) is 17.6 Å². The Balaban J connectivity index is 1.75. The van der Waals surface area contributed by atoms with Gasteiger partial charge in [0.2, 0.25) is 5.95 Å². The number of aromatic amines is 1. The highest BCUT2D eigenvalue weighted by molar-refractivity contribution is 5.81. The van der Waals surface area contributed by atoms with Gasteiger partial charge in [-0.05, 0) is 25.7 Å². The van der Waals surface area contributed by atoms with Crippen molar-refractivity contribution in [2.75, 3.05) is 38.7 Å². The van der Waals surface area contributed by atoms with Crippen molar-refractivity contribution in [1.82, 2.24) is 14.9 Å². The highest BCUT2D eigenvalue weighted by Crippen LogP contribution is 2.18. The zero-order valence-electron chi connectivity index (χ0n) is 13.8. The smallest absolute Gasteiger partial charge is 0.255 e. The van der Waals surface area contributed by atoms with Gasteiger partial charge in [-0.2, -0.15) is 0 Å². The van der Waals surface area contributed by atoms with Gasteiger partial charge in [0.25, 0.3) is 11.5 Å². The molecule has 23 heavy (non-hydrogen) atoms. The van der Waals surface area contributed by atoms with Gasteiger partial charge in [-0.1, -0.05) is 0 Å². The predicted octanol–water partition coefficient (Wildman–Crippen LogP) is 0.332. The van der Waals surface area contributed by atoms with Gasteiger partial charge in [-0.15, -0.1) is 0 Å². The molecule has 0 aliphatic carbocycles. The molecule has 0 saturated carbocycles. The summed E-state index contributed by atoms with van der Waals surface area (Å²) in [5, 5.41) is 0. The van der Waals surface area contributed by atoms with Crippen molar-refractivity contribution in [2.45, 2.75) is 38.2 Å². The second kappa shape index (κ2) is 6.70. The largest absolute Gasteiger partial charge is 0.368 e. The van der Waals surface area contributed by atoms with Gasteiger partial charge in [0.1, 0.15) is 6.10 Å². The topological polar surface area (TPSA) is 78.5 Å². The van der Waals surface area contributed by atoms with Crippen molar-refractivity contribution in [2.24, 2.45) is 0 Å². The zero-order chi connectivity index (χ0) is 16.4. The monoisotopic (exact) mass is 320 g/mol. The van der Waals surface area contributed by atoms with E-state index in [1.807, 2.05) is 19.0 Å². The maximum Gasteiger partial charge on any atom is 0.255 e. The molecule has 1 atom stereocenters. The fraction of sp³-hybridized carbons (Fsp3) is 0.688. The molecule has 2 aliphatic rings. The van der Waals surface area contributed by atoms with E-state index in [4.69, 9.17) is 4.74 Å². The lowest BCUT2D eigenvalue weighted by Gasteiger charge is -2.28. The molecule has 0 spiro atoms. The van der Waals surface area contributed by atoms with Crippen molar-refractivity contribution in [3.63, 3.8) is 0 Å². The number of ether oxygens (including phenoxy) is 1. The molecule has 1 aromatic heterocycles. The van der Waals surface area contributed by atoms with E-state index in [0.29, 0.717) is 44.0 Å². The molecular formula is C16H24N4O3. The Kier molecular flexibility index (Phi) is 4.66. The molecule has 0 aromatic carbocycles. The molecule has 3 heterocycles. The number of aromatic nitrogens is 2. The van der Waals surface area contributed by atoms with Crippen molar-refractivity contribution in [3.05, 3.63) is 21.6 Å². The summed E-state index contributed by atoms with van der Waals surface area (Å²) < 4.78 is 5.60. The highest BCUT2D eigenvalue weighted by Gasteiger charge is 2.29. The molecule has 1 fully saturated rings. The normalized spacial score (nSPS) is 21.5. The third-order valence-corrected chi connectivity index (χ3v) is 4.53. The molecule has 0 unspecified atom stereocenters. The first kappa shape index (κ1) is 16.0. The number of amides is 1. The summed E-state index contributed by atoms with van der Waals surface area (Å²) in [5.41, 5.74) is 1.41. The van der Waals surface area contributed by atoms with E-state index in [0.717, 1.165) is 25.0 Å². The number of rotatable bonds is 2. The Morgan fingerprint density at radius 3 is 2.78 bits per heavy atom. The van der Waals surface area contributed by atoms with Crippen LogP contribution >= 0.6 is 0 Å². The Morgan fingerprint density at radius 2 is 2.09 bits per heavy atom. The fourth-order valence-electron chi connectivity index (χ4n) is 3.17. The van der Waals surface area contributed by atoms with Crippen LogP contribution in [0.5, 0.6) is 0 Å². The number of carbonyl (C=O) groups excluding carboxylic acids is 1. The van der Waals surface area contributed by atoms with Crippen LogP contribution in [0.15, 0.2) is 4.79 Å². The highest BCUT2D eigenvalue weighted by atomic mass is 16.5. The molecule has 2 aliphatic heterocycles. The van der Waals surface area contributed by atoms with Gasteiger partial charge in [-0.3, -0.25) is 14.6 Å². The molecule has 3 rings (SSSR count). The van der Waals surface area contributed by atoms with Gasteiger partial charge in [0, 0.05) is 45.8 Å². The lowest BCUT2D eigenvalue weighted by Crippen LogP contribution is -2.43. The molecule has 1 aromatic rings. The van der Waals surface area contributed by atoms with E-state index in [9.17, 15) is 9.59 Å². The standard InChI is InChI=1S/C16H24N4O3/c1-19(2)16-17-12-7-9-20(8-6-11(12)14(21)18-16)15(22)13-5-3-4-10-23-13/h13H,3-10H2,1-2H3,(H,17,18,21)/t13-/m0/s1. The minimum atomic E-state index is -0.312. The van der Waals surface area contributed by atoms with Crippen LogP contribution < -0.4 is 10.5 Å². The van der Waals surface area contributed by atoms with E-state index in [1.54, 1.807) is 4.90 Å². The van der Waals surface area contributed by atoms with Crippen LogP contribution in [0, 0.1) is 0 Å². The number of anilines is 1. The van der Waals surface area contributed by atoms with Crippen LogP contribution in [0.2, 0.25) is 0 Å². The third-order valence-electron chi connectivity index (χ3n) is 4.53. The second-order valence-electron chi connectivity index (χ2n) is 6.39. The molecule has 1 amide bonds. The summed E-state index contributed by atoms with van der Waals surface area (Å²) in [5.74, 6) is 0.617. The fourth-order valence-corrected chi connectivity index (χ4v) is 3.17. The molecular weight excluding hydrogens is 296 g/mol. The summed E-state index contributed by atoms with van der Waals surface area (Å²) in [6, 6.07) is 0. The Bertz CT molecular complexity index is 635. The Morgan fingerprint density at radius 1 is 1.30 bits per heavy atom. The van der Waals surface area contributed by atoms with Gasteiger partial charge >= 0.3 is 0 Å². The van der Waals surface area contributed by atoms with Gasteiger partial charge in [-0.25, -0.2) is 4.98 Å². The van der Waals surface area contributed by atoms with E-state index >= 15 is 0 Å². The number of nitrogens with one attached hydrogen (secondary N) is 1. The van der Waals surface area contributed by atoms with Gasteiger partial charge in [0.15, 0.2) is 0 Å². The third kappa shape index (κ3) is 3.39. The number of carbonyl (C=O) groups is 1. The average molecular weight is 320 g/mol. The lowest BCUT2D eigenvalue weighted by molar-refractivity contribution is -0.146. The van der Waals surface area contributed by atoms with Crippen LogP contribution in [0.1, 0.15) is 30.5 Å². The number of fused-ring (bicyclic) bond motifs is 1. The van der Waals surface area contributed by atoms with E-state index in [2.05, 4.69) is 9.97 Å². The molecule has 7 heteroatoms. The average Bonchev–Trinajstić information content (AvgIpc) is 2.78. The molecule has 126 valence electrons. The zero-order valence-corrected chi connectivity index (χ0v) is 13.8. The lowest BCUT2D eigenvalue weighted by atomic mass is 10.1. The maximum absolute atomic E-state index is 12.6. The summed E-state index contributed by atoms with van der Waals surface area (Å²) in [4.78, 5) is 35.8. The van der Waals surface area contributed by atoms with Gasteiger partial charge < -0.3 is 14.5 Å². The first-order chi connectivity index (χ1) is 11.1. The summed E-state index contributed by atoms with van der Waals surface area (Å²) in [7, 11) is 3.69. The van der Waals surface area contributed by atoms with E-state index < -0.39 is 0 Å². The summed E-state index contributed by atoms with van der Waals surface area (Å²) in [6.07, 6.45) is 3.71. The van der Waals surface area contributed by atoms with Crippen LogP contribution in [-0.4, -0.2) is 60.7 Å². The van der Waals surface area contributed by atoms with Crippen molar-refractivity contribution >= 4 is 11.9 Å². The second-order valence-corrected chi connectivity index (χ2v) is 6.39. The molecule has 7 nitrogen and oxygen atoms in total. The van der Waals surface area contributed by atoms with Crippen molar-refractivity contribution in [3.8, 4) is 0 Å². The molecule has 0 radical (unpaired) electrons. The van der Waals surface area contributed by atoms with Crippen LogP contribution in [-0.2, 0) is 22.4 Å². The minimum Gasteiger partial charge on any atom is -0.368 e. The number of hydrogen-bond donors (Lipinski definition) is 1. The van der Waals surface area contributed by atoms with Crippen LogP contribution in [0.3, 0.4) is 0 Å². The van der Waals surface area contributed by atoms with Crippen LogP contribution in [0.4, 0.5) is 5.95 Å². The summed E-state index contributed by atoms with van der Waals surface area (Å²) >= 11 is 0. The first-order valence-corrected chi connectivity index (χ1v) is 8.26. The SMILES string of the molecule is CN(C)c1nc2c(c(=O)[nH]1)CCN(C(=O)[C@@H]1CCCCO1)CC2. The van der Waals surface area contributed by atoms with E-state index in [1.165, 1.54) is 0 Å². The number of hydrogen-bond acceptors (Lipinski definition) is 5. The van der Waals surface area contributed by atoms with Crippen molar-refractivity contribution in [1.29, 1.82) is 0 Å². The minimum absolute atomic E-state index is 0.0572. The maximum atomic E-state index is 12.6. The molecule has 1 N–H and O–H groups in total. The molecule has 1 saturated heterocycles. The first-order valence-electron chi connectivity index (χ1n) is 8.26. The van der Waals surface area contributed by atoms with Gasteiger partial charge in [0.05, 0.1) is 5.69 Å². The Labute approximate surface area is 135 Å². The Hall–Kier alpha value is -1.89. The van der Waals surface area contributed by atoms with Crippen LogP contribution in [0.25, 0.3) is 0 Å². The summed E-state index contributed by atoms with van der Waals surface area (Å²) in [6.45, 7) is 1.81. The molecule has 0 bridgehead atoms.